The van der Waals surface area contributed by atoms with Crippen molar-refractivity contribution >= 4 is 17.0 Å². The van der Waals surface area contributed by atoms with E-state index in [1.54, 1.807) is 7.11 Å². The summed E-state index contributed by atoms with van der Waals surface area (Å²) in [6, 6.07) is 13.8. The van der Waals surface area contributed by atoms with Crippen LogP contribution in [0, 0.1) is 6.92 Å². The predicted molar refractivity (Wildman–Crippen MR) is 96.8 cm³/mol. The molecule has 0 unspecified atom stereocenters. The largest absolute Gasteiger partial charge is 0.497 e. The minimum Gasteiger partial charge on any atom is -0.497 e. The number of nitrogens with one attached hydrogen (secondary N) is 1. The average molecular weight is 338 g/mol. The van der Waals surface area contributed by atoms with Gasteiger partial charge in [0.2, 0.25) is 5.91 Å². The summed E-state index contributed by atoms with van der Waals surface area (Å²) in [5.74, 6) is 1.55. The Balaban J connectivity index is 1.45. The molecule has 0 aliphatic rings. The number of benzene rings is 2. The van der Waals surface area contributed by atoms with Gasteiger partial charge in [0.1, 0.15) is 11.3 Å². The number of oxazole rings is 1. The van der Waals surface area contributed by atoms with E-state index in [2.05, 4.69) is 10.3 Å². The van der Waals surface area contributed by atoms with Gasteiger partial charge in [0.25, 0.3) is 0 Å². The maximum atomic E-state index is 12.0. The van der Waals surface area contributed by atoms with Crippen LogP contribution >= 0.6 is 0 Å². The number of hydrogen-bond donors (Lipinski definition) is 1. The average Bonchev–Trinajstić information content (AvgIpc) is 2.99. The SMILES string of the molecule is COc1cccc(CCNC(=O)CCc2ccc3oc(C)nc3c2)c1. The van der Waals surface area contributed by atoms with E-state index in [0.717, 1.165) is 34.4 Å². The Bertz CT molecular complexity index is 870. The molecule has 0 aliphatic heterocycles. The first-order chi connectivity index (χ1) is 12.1. The summed E-state index contributed by atoms with van der Waals surface area (Å²) in [7, 11) is 1.65. The van der Waals surface area contributed by atoms with Gasteiger partial charge < -0.3 is 14.5 Å². The maximum absolute atomic E-state index is 12.0. The fraction of sp³-hybridized carbons (Fsp3) is 0.300. The second-order valence-electron chi connectivity index (χ2n) is 5.99. The van der Waals surface area contributed by atoms with Crippen LogP contribution in [0.1, 0.15) is 23.4 Å². The van der Waals surface area contributed by atoms with E-state index in [1.165, 1.54) is 0 Å². The molecular weight excluding hydrogens is 316 g/mol. The smallest absolute Gasteiger partial charge is 0.220 e. The summed E-state index contributed by atoms with van der Waals surface area (Å²) in [5, 5.41) is 2.97. The van der Waals surface area contributed by atoms with Gasteiger partial charge in [-0.05, 0) is 48.2 Å². The molecule has 0 aliphatic carbocycles. The van der Waals surface area contributed by atoms with Gasteiger partial charge in [0, 0.05) is 19.9 Å². The Morgan fingerprint density at radius 1 is 1.16 bits per heavy atom. The predicted octanol–water partition coefficient (Wildman–Crippen LogP) is 3.44. The summed E-state index contributed by atoms with van der Waals surface area (Å²) in [6.07, 6.45) is 1.93. The third-order valence-electron chi connectivity index (χ3n) is 4.07. The van der Waals surface area contributed by atoms with E-state index in [0.29, 0.717) is 25.3 Å². The van der Waals surface area contributed by atoms with Gasteiger partial charge in [0.05, 0.1) is 7.11 Å². The molecule has 1 N–H and O–H groups in total. The Hall–Kier alpha value is -2.82. The van der Waals surface area contributed by atoms with Gasteiger partial charge in [-0.3, -0.25) is 4.79 Å². The highest BCUT2D eigenvalue weighted by molar-refractivity contribution is 5.77. The molecule has 0 radical (unpaired) electrons. The van der Waals surface area contributed by atoms with E-state index in [9.17, 15) is 4.79 Å². The van der Waals surface area contributed by atoms with Crippen molar-refractivity contribution in [2.45, 2.75) is 26.2 Å². The highest BCUT2D eigenvalue weighted by Crippen LogP contribution is 2.17. The minimum atomic E-state index is 0.0549. The molecule has 5 nitrogen and oxygen atoms in total. The number of rotatable bonds is 7. The van der Waals surface area contributed by atoms with Gasteiger partial charge in [-0.2, -0.15) is 0 Å². The van der Waals surface area contributed by atoms with Crippen LogP contribution in [0.15, 0.2) is 46.9 Å². The summed E-state index contributed by atoms with van der Waals surface area (Å²) < 4.78 is 10.7. The Kier molecular flexibility index (Phi) is 5.33. The lowest BCUT2D eigenvalue weighted by molar-refractivity contribution is -0.121. The third kappa shape index (κ3) is 4.59. The van der Waals surface area contributed by atoms with Crippen LogP contribution in [0.4, 0.5) is 0 Å². The second kappa shape index (κ2) is 7.83. The van der Waals surface area contributed by atoms with Crippen molar-refractivity contribution in [1.29, 1.82) is 0 Å². The van der Waals surface area contributed by atoms with E-state index < -0.39 is 0 Å². The first-order valence-electron chi connectivity index (χ1n) is 8.40. The molecule has 0 atom stereocenters. The topological polar surface area (TPSA) is 64.4 Å². The lowest BCUT2D eigenvalue weighted by Crippen LogP contribution is -2.25. The number of carbonyl (C=O) groups excluding carboxylic acids is 1. The zero-order valence-electron chi connectivity index (χ0n) is 14.5. The summed E-state index contributed by atoms with van der Waals surface area (Å²) in [5.41, 5.74) is 3.85. The van der Waals surface area contributed by atoms with Crippen molar-refractivity contribution in [3.63, 3.8) is 0 Å². The minimum absolute atomic E-state index is 0.0549. The highest BCUT2D eigenvalue weighted by Gasteiger charge is 2.06. The molecule has 5 heteroatoms. The quantitative estimate of drug-likeness (QED) is 0.717. The van der Waals surface area contributed by atoms with Crippen LogP contribution in [0.2, 0.25) is 0 Å². The standard InChI is InChI=1S/C20H22N2O3/c1-14-22-18-13-16(6-8-19(18)25-14)7-9-20(23)21-11-10-15-4-3-5-17(12-15)24-2/h3-6,8,12-13H,7,9-11H2,1-2H3,(H,21,23). The Morgan fingerprint density at radius 2 is 2.00 bits per heavy atom. The molecule has 1 amide bonds. The summed E-state index contributed by atoms with van der Waals surface area (Å²) in [4.78, 5) is 16.3. The van der Waals surface area contributed by atoms with Crippen LogP contribution in [0.5, 0.6) is 5.75 Å². The lowest BCUT2D eigenvalue weighted by atomic mass is 10.1. The highest BCUT2D eigenvalue weighted by atomic mass is 16.5. The van der Waals surface area contributed by atoms with Crippen LogP contribution in [0.3, 0.4) is 0 Å². The number of fused-ring (bicyclic) bond motifs is 1. The Labute approximate surface area is 147 Å². The van der Waals surface area contributed by atoms with Crippen molar-refractivity contribution < 1.29 is 13.9 Å². The molecule has 130 valence electrons. The van der Waals surface area contributed by atoms with Crippen molar-refractivity contribution in [2.75, 3.05) is 13.7 Å². The van der Waals surface area contributed by atoms with Crippen LogP contribution < -0.4 is 10.1 Å². The number of amides is 1. The number of nitrogens with zero attached hydrogens (tertiary/aromatic N) is 1. The second-order valence-corrected chi connectivity index (χ2v) is 5.99. The molecular formula is C20H22N2O3. The molecule has 0 bridgehead atoms. The number of carbonyl (C=O) groups is 1. The van der Waals surface area contributed by atoms with Gasteiger partial charge in [0.15, 0.2) is 11.5 Å². The zero-order chi connectivity index (χ0) is 17.6. The monoisotopic (exact) mass is 338 g/mol. The molecule has 3 aromatic rings. The zero-order valence-corrected chi connectivity index (χ0v) is 14.5. The number of aromatic nitrogens is 1. The van der Waals surface area contributed by atoms with E-state index >= 15 is 0 Å². The van der Waals surface area contributed by atoms with Crippen molar-refractivity contribution in [3.05, 3.63) is 59.5 Å². The molecule has 0 saturated carbocycles. The van der Waals surface area contributed by atoms with Gasteiger partial charge in [-0.15, -0.1) is 0 Å². The van der Waals surface area contributed by atoms with Gasteiger partial charge in [-0.1, -0.05) is 18.2 Å². The molecule has 3 rings (SSSR count). The molecule has 0 saturated heterocycles. The van der Waals surface area contributed by atoms with Crippen molar-refractivity contribution in [3.8, 4) is 5.75 Å². The molecule has 25 heavy (non-hydrogen) atoms. The van der Waals surface area contributed by atoms with Crippen molar-refractivity contribution in [2.24, 2.45) is 0 Å². The van der Waals surface area contributed by atoms with E-state index in [4.69, 9.17) is 9.15 Å². The Morgan fingerprint density at radius 3 is 2.84 bits per heavy atom. The third-order valence-corrected chi connectivity index (χ3v) is 4.07. The molecule has 1 aromatic heterocycles. The number of aryl methyl sites for hydroxylation is 2. The van der Waals surface area contributed by atoms with Crippen LogP contribution in [-0.2, 0) is 17.6 Å². The van der Waals surface area contributed by atoms with Crippen LogP contribution in [-0.4, -0.2) is 24.5 Å². The summed E-state index contributed by atoms with van der Waals surface area (Å²) in [6.45, 7) is 2.45. The maximum Gasteiger partial charge on any atom is 0.220 e. The first-order valence-corrected chi connectivity index (χ1v) is 8.40. The molecule has 0 spiro atoms. The number of hydrogen-bond acceptors (Lipinski definition) is 4. The van der Waals surface area contributed by atoms with Gasteiger partial charge in [-0.25, -0.2) is 4.98 Å². The first kappa shape index (κ1) is 17.0. The number of ether oxygens (including phenoxy) is 1. The summed E-state index contributed by atoms with van der Waals surface area (Å²) >= 11 is 0. The fourth-order valence-electron chi connectivity index (χ4n) is 2.76. The van der Waals surface area contributed by atoms with Gasteiger partial charge >= 0.3 is 0 Å². The molecule has 1 heterocycles. The fourth-order valence-corrected chi connectivity index (χ4v) is 2.76. The van der Waals surface area contributed by atoms with Crippen molar-refractivity contribution in [1.82, 2.24) is 10.3 Å². The lowest BCUT2D eigenvalue weighted by Gasteiger charge is -2.07. The normalized spacial score (nSPS) is 10.8. The number of methoxy groups -OCH3 is 1. The van der Waals surface area contributed by atoms with E-state index in [1.807, 2.05) is 49.4 Å². The van der Waals surface area contributed by atoms with Crippen LogP contribution in [0.25, 0.3) is 11.1 Å². The molecule has 0 fully saturated rings. The van der Waals surface area contributed by atoms with E-state index in [-0.39, 0.29) is 5.91 Å². The molecule has 2 aromatic carbocycles.